The van der Waals surface area contributed by atoms with Crippen LogP contribution in [0.2, 0.25) is 0 Å². The Bertz CT molecular complexity index is 493. The van der Waals surface area contributed by atoms with Crippen molar-refractivity contribution in [1.29, 1.82) is 5.26 Å². The Hall–Kier alpha value is -2.28. The second-order valence-corrected chi connectivity index (χ2v) is 2.94. The normalized spacial score (nSPS) is 9.60. The van der Waals surface area contributed by atoms with Crippen LogP contribution in [0, 0.1) is 11.3 Å². The summed E-state index contributed by atoms with van der Waals surface area (Å²) in [7, 11) is 1.59. The molecule has 4 nitrogen and oxygen atoms in total. The molecule has 1 aromatic carbocycles. The van der Waals surface area contributed by atoms with Gasteiger partial charge in [-0.1, -0.05) is 0 Å². The fourth-order valence-electron chi connectivity index (χ4n) is 1.32. The van der Waals surface area contributed by atoms with Crippen LogP contribution >= 0.6 is 0 Å². The van der Waals surface area contributed by atoms with E-state index in [-0.39, 0.29) is 0 Å². The molecule has 1 heterocycles. The molecule has 0 spiro atoms. The van der Waals surface area contributed by atoms with Gasteiger partial charge in [0.15, 0.2) is 0 Å². The van der Waals surface area contributed by atoms with Crippen LogP contribution in [0.3, 0.4) is 0 Å². The smallest absolute Gasteiger partial charge is 0.216 e. The van der Waals surface area contributed by atoms with Gasteiger partial charge in [-0.25, -0.2) is 4.68 Å². The average Bonchev–Trinajstić information content (AvgIpc) is 2.77. The van der Waals surface area contributed by atoms with Crippen molar-refractivity contribution in [2.75, 3.05) is 7.11 Å². The Morgan fingerprint density at radius 3 is 2.60 bits per heavy atom. The molecule has 0 N–H and O–H groups in total. The molecular weight excluding hydrogens is 190 g/mol. The van der Waals surface area contributed by atoms with E-state index < -0.39 is 0 Å². The van der Waals surface area contributed by atoms with Crippen molar-refractivity contribution < 1.29 is 4.74 Å². The van der Waals surface area contributed by atoms with Gasteiger partial charge in [0.05, 0.1) is 30.6 Å². The van der Waals surface area contributed by atoms with Gasteiger partial charge in [0.2, 0.25) is 5.88 Å². The molecule has 0 bridgehead atoms. The van der Waals surface area contributed by atoms with Gasteiger partial charge >= 0.3 is 0 Å². The zero-order valence-electron chi connectivity index (χ0n) is 8.21. The Balaban J connectivity index is 2.42. The molecule has 2 rings (SSSR count). The van der Waals surface area contributed by atoms with Crippen LogP contribution in [0.4, 0.5) is 0 Å². The number of aromatic nitrogens is 2. The summed E-state index contributed by atoms with van der Waals surface area (Å²) in [6.45, 7) is 0. The Morgan fingerprint density at radius 2 is 2.00 bits per heavy atom. The largest absolute Gasteiger partial charge is 0.481 e. The molecule has 1 aromatic heterocycles. The first-order valence-electron chi connectivity index (χ1n) is 4.43. The molecule has 0 unspecified atom stereocenters. The summed E-state index contributed by atoms with van der Waals surface area (Å²) in [5.41, 5.74) is 1.50. The van der Waals surface area contributed by atoms with Crippen molar-refractivity contribution in [3.63, 3.8) is 0 Å². The van der Waals surface area contributed by atoms with Gasteiger partial charge in [0, 0.05) is 6.07 Å². The Labute approximate surface area is 87.3 Å². The van der Waals surface area contributed by atoms with Gasteiger partial charge in [-0.2, -0.15) is 10.4 Å². The highest BCUT2D eigenvalue weighted by molar-refractivity contribution is 5.40. The molecule has 4 heteroatoms. The number of hydrogen-bond acceptors (Lipinski definition) is 3. The lowest BCUT2D eigenvalue weighted by Crippen LogP contribution is -1.99. The molecule has 0 saturated carbocycles. The van der Waals surface area contributed by atoms with E-state index in [9.17, 15) is 0 Å². The quantitative estimate of drug-likeness (QED) is 0.740. The maximum atomic E-state index is 8.66. The molecular formula is C11H9N3O. The zero-order chi connectivity index (χ0) is 10.7. The van der Waals surface area contributed by atoms with Gasteiger partial charge in [-0.05, 0) is 24.3 Å². The number of rotatable bonds is 2. The van der Waals surface area contributed by atoms with E-state index in [1.165, 1.54) is 0 Å². The fraction of sp³-hybridized carbons (Fsp3) is 0.0909. The maximum absolute atomic E-state index is 8.66. The Kier molecular flexibility index (Phi) is 2.38. The van der Waals surface area contributed by atoms with Crippen LogP contribution in [-0.2, 0) is 0 Å². The molecule has 0 radical (unpaired) electrons. The molecule has 0 fully saturated rings. The van der Waals surface area contributed by atoms with Gasteiger partial charge in [0.1, 0.15) is 0 Å². The summed E-state index contributed by atoms with van der Waals surface area (Å²) < 4.78 is 6.80. The van der Waals surface area contributed by atoms with Crippen molar-refractivity contribution >= 4 is 0 Å². The minimum atomic E-state index is 0.630. The lowest BCUT2D eigenvalue weighted by Gasteiger charge is -2.05. The molecule has 0 atom stereocenters. The average molecular weight is 199 g/mol. The highest BCUT2D eigenvalue weighted by atomic mass is 16.5. The number of ether oxygens (including phenoxy) is 1. The molecule has 0 aliphatic carbocycles. The van der Waals surface area contributed by atoms with E-state index in [1.54, 1.807) is 36.2 Å². The van der Waals surface area contributed by atoms with E-state index in [4.69, 9.17) is 10.00 Å². The van der Waals surface area contributed by atoms with Gasteiger partial charge in [0.25, 0.3) is 0 Å². The van der Waals surface area contributed by atoms with Gasteiger partial charge in [-0.3, -0.25) is 0 Å². The topological polar surface area (TPSA) is 50.8 Å². The van der Waals surface area contributed by atoms with E-state index in [0.717, 1.165) is 5.69 Å². The number of benzene rings is 1. The summed E-state index contributed by atoms with van der Waals surface area (Å²) in [5, 5.41) is 12.8. The predicted molar refractivity (Wildman–Crippen MR) is 54.8 cm³/mol. The minimum absolute atomic E-state index is 0.630. The third-order valence-corrected chi connectivity index (χ3v) is 2.06. The van der Waals surface area contributed by atoms with Gasteiger partial charge < -0.3 is 4.74 Å². The van der Waals surface area contributed by atoms with Crippen LogP contribution in [0.15, 0.2) is 36.5 Å². The SMILES string of the molecule is COc1ccnn1-c1ccc(C#N)cc1. The van der Waals surface area contributed by atoms with Crippen molar-refractivity contribution in [2.45, 2.75) is 0 Å². The first-order valence-corrected chi connectivity index (χ1v) is 4.43. The van der Waals surface area contributed by atoms with E-state index in [1.807, 2.05) is 12.1 Å². The van der Waals surface area contributed by atoms with Crippen LogP contribution in [0.1, 0.15) is 5.56 Å². The van der Waals surface area contributed by atoms with Crippen LogP contribution in [0.5, 0.6) is 5.88 Å². The first-order chi connectivity index (χ1) is 7.35. The maximum Gasteiger partial charge on any atom is 0.216 e. The second-order valence-electron chi connectivity index (χ2n) is 2.94. The van der Waals surface area contributed by atoms with Crippen molar-refractivity contribution in [1.82, 2.24) is 9.78 Å². The molecule has 0 aliphatic rings. The third-order valence-electron chi connectivity index (χ3n) is 2.06. The first kappa shape index (κ1) is 9.28. The van der Waals surface area contributed by atoms with Crippen molar-refractivity contribution in [3.8, 4) is 17.6 Å². The lowest BCUT2D eigenvalue weighted by molar-refractivity contribution is 0.383. The van der Waals surface area contributed by atoms with Gasteiger partial charge in [-0.15, -0.1) is 0 Å². The summed E-state index contributed by atoms with van der Waals surface area (Å²) in [6, 6.07) is 11.0. The van der Waals surface area contributed by atoms with E-state index >= 15 is 0 Å². The molecule has 0 aliphatic heterocycles. The molecule has 2 aromatic rings. The highest BCUT2D eigenvalue weighted by Gasteiger charge is 2.03. The summed E-state index contributed by atoms with van der Waals surface area (Å²) in [4.78, 5) is 0. The van der Waals surface area contributed by atoms with Crippen molar-refractivity contribution in [2.24, 2.45) is 0 Å². The summed E-state index contributed by atoms with van der Waals surface area (Å²) in [5.74, 6) is 0.666. The number of nitriles is 1. The minimum Gasteiger partial charge on any atom is -0.481 e. The monoisotopic (exact) mass is 199 g/mol. The molecule has 0 amide bonds. The standard InChI is InChI=1S/C11H9N3O/c1-15-11-6-7-13-14(11)10-4-2-9(8-12)3-5-10/h2-7H,1H3. The summed E-state index contributed by atoms with van der Waals surface area (Å²) in [6.07, 6.45) is 1.66. The zero-order valence-corrected chi connectivity index (χ0v) is 8.21. The number of nitrogens with zero attached hydrogens (tertiary/aromatic N) is 3. The number of hydrogen-bond donors (Lipinski definition) is 0. The second kappa shape index (κ2) is 3.84. The van der Waals surface area contributed by atoms with Crippen molar-refractivity contribution in [3.05, 3.63) is 42.1 Å². The van der Waals surface area contributed by atoms with Crippen LogP contribution in [0.25, 0.3) is 5.69 Å². The van der Waals surface area contributed by atoms with E-state index in [2.05, 4.69) is 11.2 Å². The fourth-order valence-corrected chi connectivity index (χ4v) is 1.32. The molecule has 15 heavy (non-hydrogen) atoms. The third kappa shape index (κ3) is 1.67. The highest BCUT2D eigenvalue weighted by Crippen LogP contribution is 2.16. The predicted octanol–water partition coefficient (Wildman–Crippen LogP) is 1.75. The Morgan fingerprint density at radius 1 is 1.27 bits per heavy atom. The lowest BCUT2D eigenvalue weighted by atomic mass is 10.2. The molecule has 74 valence electrons. The van der Waals surface area contributed by atoms with Crippen LogP contribution < -0.4 is 4.74 Å². The van der Waals surface area contributed by atoms with Crippen LogP contribution in [-0.4, -0.2) is 16.9 Å². The molecule has 0 saturated heterocycles. The summed E-state index contributed by atoms with van der Waals surface area (Å²) >= 11 is 0. The van der Waals surface area contributed by atoms with E-state index in [0.29, 0.717) is 11.4 Å². The number of methoxy groups -OCH3 is 1.